The number of nitrogens with zero attached hydrogens (tertiary/aromatic N) is 1. The molecular weight excluding hydrogens is 207 g/mol. The summed E-state index contributed by atoms with van der Waals surface area (Å²) >= 11 is 0. The highest BCUT2D eigenvalue weighted by Gasteiger charge is 2.34. The zero-order chi connectivity index (χ0) is 7.84. The predicted molar refractivity (Wildman–Crippen MR) is 60.9 cm³/mol. The number of halogens is 2. The lowest BCUT2D eigenvalue weighted by Crippen LogP contribution is -2.53. The summed E-state index contributed by atoms with van der Waals surface area (Å²) in [5.41, 5.74) is 5.96. The van der Waals surface area contributed by atoms with Crippen molar-refractivity contribution in [2.24, 2.45) is 5.73 Å². The zero-order valence-electron chi connectivity index (χ0n) is 8.11. The van der Waals surface area contributed by atoms with E-state index in [1.165, 1.54) is 32.1 Å². The maximum Gasteiger partial charge on any atom is 0.0110 e. The van der Waals surface area contributed by atoms with Crippen molar-refractivity contribution in [3.8, 4) is 0 Å². The monoisotopic (exact) mass is 226 g/mol. The molecule has 2 rings (SSSR count). The van der Waals surface area contributed by atoms with Gasteiger partial charge in [0.15, 0.2) is 0 Å². The van der Waals surface area contributed by atoms with Crippen LogP contribution in [0.1, 0.15) is 32.1 Å². The van der Waals surface area contributed by atoms with Gasteiger partial charge >= 0.3 is 0 Å². The molecule has 0 amide bonds. The van der Waals surface area contributed by atoms with Crippen molar-refractivity contribution in [1.29, 1.82) is 0 Å². The minimum atomic E-state index is 0. The Morgan fingerprint density at radius 1 is 1.08 bits per heavy atom. The van der Waals surface area contributed by atoms with E-state index in [9.17, 15) is 0 Å². The van der Waals surface area contributed by atoms with Gasteiger partial charge in [-0.25, -0.2) is 0 Å². The number of rotatable bonds is 0. The molecule has 2 nitrogen and oxygen atoms in total. The number of hydrogen-bond acceptors (Lipinski definition) is 2. The highest BCUT2D eigenvalue weighted by atomic mass is 35.5. The normalized spacial score (nSPS) is 38.8. The van der Waals surface area contributed by atoms with Gasteiger partial charge in [0.2, 0.25) is 0 Å². The summed E-state index contributed by atoms with van der Waals surface area (Å²) in [7, 11) is 2.26. The van der Waals surface area contributed by atoms with Crippen LogP contribution in [0.3, 0.4) is 0 Å². The van der Waals surface area contributed by atoms with Crippen molar-refractivity contribution in [3.05, 3.63) is 0 Å². The maximum atomic E-state index is 5.96. The van der Waals surface area contributed by atoms with Crippen LogP contribution in [0.2, 0.25) is 0 Å². The smallest absolute Gasteiger partial charge is 0.0110 e. The Kier molecular flexibility index (Phi) is 5.61. The molecule has 13 heavy (non-hydrogen) atoms. The second-order valence-electron chi connectivity index (χ2n) is 4.14. The number of fused-ring (bicyclic) bond motifs is 2. The molecule has 0 aromatic rings. The van der Waals surface area contributed by atoms with Gasteiger partial charge in [0, 0.05) is 18.1 Å². The average molecular weight is 227 g/mol. The summed E-state index contributed by atoms with van der Waals surface area (Å²) in [5, 5.41) is 0. The lowest BCUT2D eigenvalue weighted by atomic mass is 9.83. The first-order valence-electron chi connectivity index (χ1n) is 4.75. The van der Waals surface area contributed by atoms with E-state index >= 15 is 0 Å². The van der Waals surface area contributed by atoms with Crippen molar-refractivity contribution in [1.82, 2.24) is 4.90 Å². The molecule has 2 fully saturated rings. The van der Waals surface area contributed by atoms with Gasteiger partial charge < -0.3 is 10.6 Å². The van der Waals surface area contributed by atoms with Gasteiger partial charge in [-0.1, -0.05) is 6.42 Å². The molecule has 2 bridgehead atoms. The highest BCUT2D eigenvalue weighted by Crippen LogP contribution is 2.31. The molecule has 0 spiro atoms. The molecule has 1 unspecified atom stereocenters. The molecule has 2 aliphatic heterocycles. The van der Waals surface area contributed by atoms with Crippen molar-refractivity contribution in [3.63, 3.8) is 0 Å². The third kappa shape index (κ3) is 2.72. The average Bonchev–Trinajstić information content (AvgIpc) is 1.92. The van der Waals surface area contributed by atoms with Crippen LogP contribution in [0.4, 0.5) is 0 Å². The Labute approximate surface area is 93.1 Å². The molecule has 2 heterocycles. The van der Waals surface area contributed by atoms with Crippen LogP contribution in [-0.4, -0.2) is 30.1 Å². The molecule has 4 heteroatoms. The summed E-state index contributed by atoms with van der Waals surface area (Å²) in [5.74, 6) is 0. The molecule has 0 aromatic carbocycles. The molecule has 0 saturated carbocycles. The van der Waals surface area contributed by atoms with Crippen molar-refractivity contribution in [2.75, 3.05) is 7.05 Å². The van der Waals surface area contributed by atoms with Gasteiger partial charge in [0.1, 0.15) is 0 Å². The fourth-order valence-corrected chi connectivity index (χ4v) is 2.66. The standard InChI is InChI=1S/C9H18N2.2ClH/c1-11-8-3-2-4-9(11)6-7(10)5-8;;/h7-9H,2-6,10H2,1H3;2*1H/t7?,8-,9+;;. The summed E-state index contributed by atoms with van der Waals surface area (Å²) in [6.45, 7) is 0. The van der Waals surface area contributed by atoms with Crippen LogP contribution in [0.25, 0.3) is 0 Å². The number of hydrogen-bond donors (Lipinski definition) is 1. The van der Waals surface area contributed by atoms with Gasteiger partial charge in [-0.05, 0) is 32.7 Å². The fourth-order valence-electron chi connectivity index (χ4n) is 2.66. The van der Waals surface area contributed by atoms with Gasteiger partial charge in [0.25, 0.3) is 0 Å². The van der Waals surface area contributed by atoms with Gasteiger partial charge in [0.05, 0.1) is 0 Å². The first-order chi connectivity index (χ1) is 5.27. The van der Waals surface area contributed by atoms with E-state index in [1.807, 2.05) is 0 Å². The van der Waals surface area contributed by atoms with E-state index in [0.29, 0.717) is 6.04 Å². The van der Waals surface area contributed by atoms with Crippen LogP contribution in [0.15, 0.2) is 0 Å². The van der Waals surface area contributed by atoms with E-state index in [4.69, 9.17) is 5.73 Å². The summed E-state index contributed by atoms with van der Waals surface area (Å²) in [6.07, 6.45) is 6.63. The minimum Gasteiger partial charge on any atom is -0.328 e. The van der Waals surface area contributed by atoms with Crippen LogP contribution in [-0.2, 0) is 0 Å². The minimum absolute atomic E-state index is 0. The Morgan fingerprint density at radius 3 is 2.00 bits per heavy atom. The molecule has 3 atom stereocenters. The van der Waals surface area contributed by atoms with Crippen LogP contribution < -0.4 is 5.73 Å². The number of piperidine rings is 2. The SMILES string of the molecule is CN1[C@@H]2CCC[C@H]1CC(N)C2.Cl.Cl. The largest absolute Gasteiger partial charge is 0.328 e. The second-order valence-corrected chi connectivity index (χ2v) is 4.14. The highest BCUT2D eigenvalue weighted by molar-refractivity contribution is 5.85. The predicted octanol–water partition coefficient (Wildman–Crippen LogP) is 1.80. The van der Waals surface area contributed by atoms with Crippen LogP contribution in [0, 0.1) is 0 Å². The Morgan fingerprint density at radius 2 is 1.54 bits per heavy atom. The van der Waals surface area contributed by atoms with Gasteiger partial charge in [-0.15, -0.1) is 24.8 Å². The second kappa shape index (κ2) is 5.40. The van der Waals surface area contributed by atoms with Gasteiger partial charge in [-0.2, -0.15) is 0 Å². The first kappa shape index (κ1) is 13.5. The molecule has 0 aromatic heterocycles. The van der Waals surface area contributed by atoms with E-state index in [0.717, 1.165) is 12.1 Å². The van der Waals surface area contributed by atoms with E-state index in [1.54, 1.807) is 0 Å². The van der Waals surface area contributed by atoms with Crippen molar-refractivity contribution >= 4 is 24.8 Å². The Balaban J connectivity index is 0.000000720. The molecule has 80 valence electrons. The first-order valence-corrected chi connectivity index (χ1v) is 4.75. The third-order valence-electron chi connectivity index (χ3n) is 3.38. The molecule has 0 aliphatic carbocycles. The Bertz CT molecular complexity index is 141. The van der Waals surface area contributed by atoms with Crippen molar-refractivity contribution < 1.29 is 0 Å². The lowest BCUT2D eigenvalue weighted by molar-refractivity contribution is 0.0570. The lowest BCUT2D eigenvalue weighted by Gasteiger charge is -2.46. The zero-order valence-corrected chi connectivity index (χ0v) is 9.74. The maximum absolute atomic E-state index is 5.96. The van der Waals surface area contributed by atoms with E-state index < -0.39 is 0 Å². The fraction of sp³-hybridized carbons (Fsp3) is 1.00. The quantitative estimate of drug-likeness (QED) is 0.683. The molecule has 2 aliphatic rings. The van der Waals surface area contributed by atoms with Gasteiger partial charge in [-0.3, -0.25) is 0 Å². The van der Waals surface area contributed by atoms with Crippen LogP contribution >= 0.6 is 24.8 Å². The van der Waals surface area contributed by atoms with E-state index in [2.05, 4.69) is 11.9 Å². The Hall–Kier alpha value is 0.500. The van der Waals surface area contributed by atoms with Crippen molar-refractivity contribution in [2.45, 2.75) is 50.2 Å². The van der Waals surface area contributed by atoms with Crippen LogP contribution in [0.5, 0.6) is 0 Å². The molecule has 2 saturated heterocycles. The summed E-state index contributed by atoms with van der Waals surface area (Å²) < 4.78 is 0. The molecule has 0 radical (unpaired) electrons. The summed E-state index contributed by atoms with van der Waals surface area (Å²) in [6, 6.07) is 2.09. The van der Waals surface area contributed by atoms with E-state index in [-0.39, 0.29) is 24.8 Å². The topological polar surface area (TPSA) is 29.3 Å². The third-order valence-corrected chi connectivity index (χ3v) is 3.38. The summed E-state index contributed by atoms with van der Waals surface area (Å²) in [4.78, 5) is 2.55. The molecular formula is C9H20Cl2N2. The molecule has 2 N–H and O–H groups in total. The number of nitrogens with two attached hydrogens (primary N) is 1.